The molecule has 1 saturated heterocycles. The first-order valence-corrected chi connectivity index (χ1v) is 9.77. The van der Waals surface area contributed by atoms with Crippen molar-refractivity contribution >= 4 is 22.4 Å². The van der Waals surface area contributed by atoms with Crippen molar-refractivity contribution in [2.45, 2.75) is 18.6 Å². The van der Waals surface area contributed by atoms with Gasteiger partial charge >= 0.3 is 0 Å². The number of aliphatic hydroxyl groups is 1. The Morgan fingerprint density at radius 1 is 1.21 bits per heavy atom. The third-order valence-electron chi connectivity index (χ3n) is 5.34. The Hall–Kier alpha value is -3.12. The van der Waals surface area contributed by atoms with Gasteiger partial charge in [-0.05, 0) is 30.3 Å². The van der Waals surface area contributed by atoms with Crippen LogP contribution in [0.5, 0.6) is 5.75 Å². The SMILES string of the molecule is CN(C)c1cccc(C(=O)N2CC[C@@H](Oc3cccc4cnccc34)[C@H](O)C2)c1. The molecule has 3 aromatic rings. The number of ether oxygens (including phenoxy) is 1. The molecule has 4 rings (SSSR count). The summed E-state index contributed by atoms with van der Waals surface area (Å²) in [5.41, 5.74) is 1.60. The molecular formula is C23H25N3O3. The minimum Gasteiger partial charge on any atom is -0.487 e. The molecule has 2 atom stereocenters. The molecule has 0 unspecified atom stereocenters. The minimum atomic E-state index is -0.748. The summed E-state index contributed by atoms with van der Waals surface area (Å²) < 4.78 is 6.14. The van der Waals surface area contributed by atoms with E-state index in [0.29, 0.717) is 18.5 Å². The van der Waals surface area contributed by atoms with E-state index >= 15 is 0 Å². The first-order chi connectivity index (χ1) is 14.0. The fourth-order valence-electron chi connectivity index (χ4n) is 3.69. The number of aliphatic hydroxyl groups excluding tert-OH is 1. The van der Waals surface area contributed by atoms with Crippen LogP contribution in [-0.4, -0.2) is 60.3 Å². The summed E-state index contributed by atoms with van der Waals surface area (Å²) in [6.45, 7) is 0.793. The Bertz CT molecular complexity index is 1020. The maximum Gasteiger partial charge on any atom is 0.254 e. The second kappa shape index (κ2) is 8.09. The molecule has 0 saturated carbocycles. The van der Waals surface area contributed by atoms with Gasteiger partial charge in [-0.15, -0.1) is 0 Å². The first kappa shape index (κ1) is 19.2. The van der Waals surface area contributed by atoms with Crippen LogP contribution in [0.15, 0.2) is 60.9 Å². The molecule has 1 aromatic heterocycles. The summed E-state index contributed by atoms with van der Waals surface area (Å²) in [7, 11) is 3.89. The van der Waals surface area contributed by atoms with Crippen LogP contribution in [0.4, 0.5) is 5.69 Å². The van der Waals surface area contributed by atoms with E-state index in [1.54, 1.807) is 17.3 Å². The normalized spacial score (nSPS) is 19.2. The highest BCUT2D eigenvalue weighted by Gasteiger charge is 2.32. The van der Waals surface area contributed by atoms with Gasteiger partial charge in [0.05, 0.1) is 6.54 Å². The van der Waals surface area contributed by atoms with Crippen molar-refractivity contribution in [3.05, 3.63) is 66.5 Å². The Morgan fingerprint density at radius 3 is 2.83 bits per heavy atom. The predicted molar refractivity (Wildman–Crippen MR) is 113 cm³/mol. The molecule has 1 aliphatic heterocycles. The number of anilines is 1. The maximum atomic E-state index is 12.9. The molecule has 6 nitrogen and oxygen atoms in total. The lowest BCUT2D eigenvalue weighted by Gasteiger charge is -2.36. The molecule has 29 heavy (non-hydrogen) atoms. The number of β-amino-alcohol motifs (C(OH)–C–C–N with tert-alkyl or cyclic N) is 1. The first-order valence-electron chi connectivity index (χ1n) is 9.77. The van der Waals surface area contributed by atoms with Gasteiger partial charge in [-0.1, -0.05) is 18.2 Å². The highest BCUT2D eigenvalue weighted by Crippen LogP contribution is 2.28. The summed E-state index contributed by atoms with van der Waals surface area (Å²) in [4.78, 5) is 20.7. The number of hydrogen-bond acceptors (Lipinski definition) is 5. The Morgan fingerprint density at radius 2 is 2.03 bits per heavy atom. The van der Waals surface area contributed by atoms with Crippen molar-refractivity contribution < 1.29 is 14.6 Å². The number of carbonyl (C=O) groups is 1. The Labute approximate surface area is 170 Å². The molecule has 0 radical (unpaired) electrons. The number of fused-ring (bicyclic) bond motifs is 1. The topological polar surface area (TPSA) is 65.9 Å². The molecule has 150 valence electrons. The molecule has 1 N–H and O–H groups in total. The number of piperidine rings is 1. The smallest absolute Gasteiger partial charge is 0.254 e. The summed E-state index contributed by atoms with van der Waals surface area (Å²) in [6.07, 6.45) is 2.99. The standard InChI is InChI=1S/C23H25N3O3/c1-25(2)18-7-3-5-16(13-18)23(28)26-12-10-22(20(27)15-26)29-21-8-4-6-17-14-24-11-9-19(17)21/h3-9,11,13-14,20,22,27H,10,12,15H2,1-2H3/t20-,22-/m1/s1. The Balaban J connectivity index is 1.45. The highest BCUT2D eigenvalue weighted by molar-refractivity contribution is 5.95. The van der Waals surface area contributed by atoms with Crippen molar-refractivity contribution in [2.75, 3.05) is 32.1 Å². The number of likely N-dealkylation sites (tertiary alicyclic amines) is 1. The lowest BCUT2D eigenvalue weighted by Crippen LogP contribution is -2.51. The monoisotopic (exact) mass is 391 g/mol. The van der Waals surface area contributed by atoms with Gasteiger partial charge < -0.3 is 19.6 Å². The van der Waals surface area contributed by atoms with Crippen molar-refractivity contribution in [3.63, 3.8) is 0 Å². The third kappa shape index (κ3) is 4.03. The number of hydrogen-bond donors (Lipinski definition) is 1. The molecule has 0 bridgehead atoms. The van der Waals surface area contributed by atoms with E-state index in [9.17, 15) is 9.90 Å². The summed E-state index contributed by atoms with van der Waals surface area (Å²) in [6, 6.07) is 15.2. The molecule has 6 heteroatoms. The lowest BCUT2D eigenvalue weighted by atomic mass is 10.0. The second-order valence-electron chi connectivity index (χ2n) is 7.56. The highest BCUT2D eigenvalue weighted by atomic mass is 16.5. The van der Waals surface area contributed by atoms with E-state index in [-0.39, 0.29) is 18.6 Å². The molecule has 2 aromatic carbocycles. The number of rotatable bonds is 4. The summed E-state index contributed by atoms with van der Waals surface area (Å²) in [5, 5.41) is 12.6. The van der Waals surface area contributed by atoms with Gasteiger partial charge in [-0.3, -0.25) is 9.78 Å². The van der Waals surface area contributed by atoms with Gasteiger partial charge in [-0.25, -0.2) is 0 Å². The summed E-state index contributed by atoms with van der Waals surface area (Å²) in [5.74, 6) is 0.662. The van der Waals surface area contributed by atoms with E-state index in [1.807, 2.05) is 67.5 Å². The van der Waals surface area contributed by atoms with Crippen LogP contribution in [0.2, 0.25) is 0 Å². The van der Waals surface area contributed by atoms with Crippen molar-refractivity contribution in [1.29, 1.82) is 0 Å². The van der Waals surface area contributed by atoms with Gasteiger partial charge in [0.15, 0.2) is 0 Å². The quantitative estimate of drug-likeness (QED) is 0.741. The molecule has 1 aliphatic rings. The van der Waals surface area contributed by atoms with Crippen LogP contribution in [0.25, 0.3) is 10.8 Å². The number of aromatic nitrogens is 1. The van der Waals surface area contributed by atoms with Crippen molar-refractivity contribution in [3.8, 4) is 5.75 Å². The van der Waals surface area contributed by atoms with Gasteiger partial charge in [0, 0.05) is 61.5 Å². The number of nitrogens with zero attached hydrogens (tertiary/aromatic N) is 3. The third-order valence-corrected chi connectivity index (χ3v) is 5.34. The van der Waals surface area contributed by atoms with Crippen LogP contribution in [0.3, 0.4) is 0 Å². The predicted octanol–water partition coefficient (Wildman–Crippen LogP) is 2.96. The minimum absolute atomic E-state index is 0.0672. The van der Waals surface area contributed by atoms with E-state index < -0.39 is 6.10 Å². The number of benzene rings is 2. The molecule has 0 aliphatic carbocycles. The fraction of sp³-hybridized carbons (Fsp3) is 0.304. The van der Waals surface area contributed by atoms with Gasteiger partial charge in [0.25, 0.3) is 5.91 Å². The molecular weight excluding hydrogens is 366 g/mol. The Kier molecular flexibility index (Phi) is 5.36. The average molecular weight is 391 g/mol. The summed E-state index contributed by atoms with van der Waals surface area (Å²) >= 11 is 0. The van der Waals surface area contributed by atoms with Crippen molar-refractivity contribution in [1.82, 2.24) is 9.88 Å². The van der Waals surface area contributed by atoms with Crippen LogP contribution in [0, 0.1) is 0 Å². The van der Waals surface area contributed by atoms with Gasteiger partial charge in [0.2, 0.25) is 0 Å². The number of pyridine rings is 1. The fourth-order valence-corrected chi connectivity index (χ4v) is 3.69. The molecule has 2 heterocycles. The molecule has 1 fully saturated rings. The van der Waals surface area contributed by atoms with Crippen LogP contribution < -0.4 is 9.64 Å². The van der Waals surface area contributed by atoms with Crippen LogP contribution in [0.1, 0.15) is 16.8 Å². The largest absolute Gasteiger partial charge is 0.487 e. The number of amides is 1. The van der Waals surface area contributed by atoms with Gasteiger partial charge in [-0.2, -0.15) is 0 Å². The van der Waals surface area contributed by atoms with E-state index in [4.69, 9.17) is 4.74 Å². The lowest BCUT2D eigenvalue weighted by molar-refractivity contribution is -0.0193. The van der Waals surface area contributed by atoms with E-state index in [1.165, 1.54) is 0 Å². The van der Waals surface area contributed by atoms with E-state index in [2.05, 4.69) is 4.98 Å². The van der Waals surface area contributed by atoms with Crippen LogP contribution in [-0.2, 0) is 0 Å². The second-order valence-corrected chi connectivity index (χ2v) is 7.56. The average Bonchev–Trinajstić information content (AvgIpc) is 2.75. The zero-order valence-electron chi connectivity index (χ0n) is 16.7. The van der Waals surface area contributed by atoms with E-state index in [0.717, 1.165) is 22.2 Å². The van der Waals surface area contributed by atoms with Crippen LogP contribution >= 0.6 is 0 Å². The molecule has 0 spiro atoms. The zero-order valence-corrected chi connectivity index (χ0v) is 16.7. The van der Waals surface area contributed by atoms with Gasteiger partial charge in [0.1, 0.15) is 18.0 Å². The number of carbonyl (C=O) groups excluding carboxylic acids is 1. The molecule has 1 amide bonds. The zero-order chi connectivity index (χ0) is 20.4. The maximum absolute atomic E-state index is 12.9. The van der Waals surface area contributed by atoms with Crippen molar-refractivity contribution in [2.24, 2.45) is 0 Å².